The van der Waals surface area contributed by atoms with Crippen molar-refractivity contribution in [2.75, 3.05) is 18.5 Å². The number of fused-ring (bicyclic) bond motifs is 1. The van der Waals surface area contributed by atoms with E-state index in [-0.39, 0.29) is 6.61 Å². The van der Waals surface area contributed by atoms with Gasteiger partial charge in [0.1, 0.15) is 10.8 Å². The molecule has 2 aromatic rings. The number of anilines is 1. The van der Waals surface area contributed by atoms with Crippen molar-refractivity contribution in [2.24, 2.45) is 0 Å². The lowest BCUT2D eigenvalue weighted by Gasteiger charge is -2.27. The third kappa shape index (κ3) is 4.67. The normalized spacial score (nSPS) is 16.7. The molecule has 1 aromatic heterocycles. The Bertz CT molecular complexity index is 1060. The monoisotopic (exact) mass is 473 g/mol. The van der Waals surface area contributed by atoms with Crippen molar-refractivity contribution >= 4 is 34.2 Å². The fourth-order valence-corrected chi connectivity index (χ4v) is 6.21. The van der Waals surface area contributed by atoms with Gasteiger partial charge >= 0.3 is 11.9 Å². The quantitative estimate of drug-likeness (QED) is 0.577. The Morgan fingerprint density at radius 2 is 1.79 bits per heavy atom. The van der Waals surface area contributed by atoms with Crippen LogP contribution in [-0.2, 0) is 37.3 Å². The molecule has 0 unspecified atom stereocenters. The Morgan fingerprint density at radius 1 is 1.06 bits per heavy atom. The number of amides is 1. The lowest BCUT2D eigenvalue weighted by Crippen LogP contribution is -2.37. The lowest BCUT2D eigenvalue weighted by molar-refractivity contribution is -0.153. The van der Waals surface area contributed by atoms with E-state index >= 15 is 0 Å². The molecule has 0 aliphatic heterocycles. The van der Waals surface area contributed by atoms with Crippen LogP contribution in [0, 0.1) is 5.82 Å². The molecule has 0 bridgehead atoms. The molecule has 1 saturated carbocycles. The number of carbonyl (C=O) groups excluding carboxylic acids is 3. The molecule has 0 atom stereocenters. The molecular formula is C25H28FNO5S. The van der Waals surface area contributed by atoms with Gasteiger partial charge in [-0.2, -0.15) is 0 Å². The van der Waals surface area contributed by atoms with E-state index in [1.54, 1.807) is 25.1 Å². The van der Waals surface area contributed by atoms with E-state index < -0.39 is 35.7 Å². The van der Waals surface area contributed by atoms with Gasteiger partial charge in [0.15, 0.2) is 6.61 Å². The molecule has 2 aliphatic rings. The molecule has 6 nitrogen and oxygen atoms in total. The van der Waals surface area contributed by atoms with E-state index in [0.717, 1.165) is 49.0 Å². The van der Waals surface area contributed by atoms with Crippen LogP contribution in [0.1, 0.15) is 71.8 Å². The summed E-state index contributed by atoms with van der Waals surface area (Å²) in [5.41, 5.74) is 0.615. The predicted octanol–water partition coefficient (Wildman–Crippen LogP) is 4.94. The fourth-order valence-electron chi connectivity index (χ4n) is 4.92. The average molecular weight is 474 g/mol. The minimum atomic E-state index is -1.07. The zero-order valence-electron chi connectivity index (χ0n) is 18.7. The van der Waals surface area contributed by atoms with Crippen LogP contribution in [0.25, 0.3) is 0 Å². The van der Waals surface area contributed by atoms with Crippen molar-refractivity contribution in [3.63, 3.8) is 0 Å². The molecule has 33 heavy (non-hydrogen) atoms. The molecule has 4 rings (SSSR count). The Labute approximate surface area is 196 Å². The molecular weight excluding hydrogens is 445 g/mol. The summed E-state index contributed by atoms with van der Waals surface area (Å²) >= 11 is 1.38. The molecule has 176 valence electrons. The molecule has 1 aromatic carbocycles. The highest BCUT2D eigenvalue weighted by Crippen LogP contribution is 2.43. The number of carbonyl (C=O) groups is 3. The number of aryl methyl sites for hydroxylation is 1. The first kappa shape index (κ1) is 23.4. The van der Waals surface area contributed by atoms with Gasteiger partial charge in [-0.05, 0) is 57.1 Å². The van der Waals surface area contributed by atoms with Crippen molar-refractivity contribution < 1.29 is 28.2 Å². The van der Waals surface area contributed by atoms with Gasteiger partial charge in [-0.25, -0.2) is 9.18 Å². The molecule has 0 spiro atoms. The molecule has 1 N–H and O–H groups in total. The second-order valence-corrected chi connectivity index (χ2v) is 9.63. The van der Waals surface area contributed by atoms with Gasteiger partial charge in [-0.15, -0.1) is 11.3 Å². The number of benzene rings is 1. The number of halogens is 1. The Morgan fingerprint density at radius 3 is 2.52 bits per heavy atom. The van der Waals surface area contributed by atoms with Crippen LogP contribution in [0.3, 0.4) is 0 Å². The minimum absolute atomic E-state index is 0.243. The van der Waals surface area contributed by atoms with Crippen LogP contribution < -0.4 is 5.32 Å². The van der Waals surface area contributed by atoms with Crippen molar-refractivity contribution in [2.45, 2.75) is 63.7 Å². The Balaban J connectivity index is 1.47. The topological polar surface area (TPSA) is 81.7 Å². The molecule has 1 amide bonds. The summed E-state index contributed by atoms with van der Waals surface area (Å²) in [5, 5.41) is 3.18. The number of esters is 2. The molecule has 1 fully saturated rings. The third-order valence-electron chi connectivity index (χ3n) is 6.48. The average Bonchev–Trinajstić information content (AvgIpc) is 3.43. The van der Waals surface area contributed by atoms with E-state index in [2.05, 4.69) is 5.32 Å². The van der Waals surface area contributed by atoms with E-state index in [9.17, 15) is 18.8 Å². The largest absolute Gasteiger partial charge is 0.462 e. The first-order valence-electron chi connectivity index (χ1n) is 11.5. The van der Waals surface area contributed by atoms with Gasteiger partial charge in [-0.1, -0.05) is 31.0 Å². The SMILES string of the molecule is CCOC(=O)c1c(NC(=O)COC(=O)C2(c3ccccc3F)CCCC2)sc2c1CCCC2. The van der Waals surface area contributed by atoms with Crippen molar-refractivity contribution in [3.05, 3.63) is 51.7 Å². The highest BCUT2D eigenvalue weighted by Gasteiger charge is 2.46. The van der Waals surface area contributed by atoms with Crippen molar-refractivity contribution in [1.82, 2.24) is 0 Å². The maximum Gasteiger partial charge on any atom is 0.341 e. The second kappa shape index (κ2) is 10.0. The Kier molecular flexibility index (Phi) is 7.12. The van der Waals surface area contributed by atoms with Crippen LogP contribution in [0.4, 0.5) is 9.39 Å². The number of ether oxygens (including phenoxy) is 2. The summed E-state index contributed by atoms with van der Waals surface area (Å²) in [4.78, 5) is 39.4. The van der Waals surface area contributed by atoms with Gasteiger partial charge in [0, 0.05) is 10.4 Å². The van der Waals surface area contributed by atoms with Crippen LogP contribution in [0.15, 0.2) is 24.3 Å². The highest BCUT2D eigenvalue weighted by molar-refractivity contribution is 7.17. The van der Waals surface area contributed by atoms with Gasteiger partial charge in [-0.3, -0.25) is 9.59 Å². The maximum absolute atomic E-state index is 14.5. The van der Waals surface area contributed by atoms with Gasteiger partial charge in [0.2, 0.25) is 0 Å². The number of nitrogens with one attached hydrogen (secondary N) is 1. The standard InChI is InChI=1S/C25H28FNO5S/c1-2-31-23(29)21-16-9-3-6-12-19(16)33-22(21)27-20(28)15-32-24(30)25(13-7-8-14-25)17-10-4-5-11-18(17)26/h4-5,10-11H,2-3,6-9,12-15H2,1H3,(H,27,28). The predicted molar refractivity (Wildman–Crippen MR) is 123 cm³/mol. The molecule has 0 saturated heterocycles. The van der Waals surface area contributed by atoms with Crippen LogP contribution in [0.2, 0.25) is 0 Å². The van der Waals surface area contributed by atoms with Crippen molar-refractivity contribution in [3.8, 4) is 0 Å². The third-order valence-corrected chi connectivity index (χ3v) is 7.68. The zero-order chi connectivity index (χ0) is 23.4. The summed E-state index contributed by atoms with van der Waals surface area (Å²) in [6.45, 7) is 1.48. The van der Waals surface area contributed by atoms with Gasteiger partial charge < -0.3 is 14.8 Å². The first-order valence-corrected chi connectivity index (χ1v) is 12.3. The molecule has 2 aliphatic carbocycles. The van der Waals surface area contributed by atoms with Gasteiger partial charge in [0.25, 0.3) is 5.91 Å². The van der Waals surface area contributed by atoms with E-state index in [1.165, 1.54) is 17.4 Å². The fraction of sp³-hybridized carbons (Fsp3) is 0.480. The summed E-state index contributed by atoms with van der Waals surface area (Å²) in [5.74, 6) is -2.01. The molecule has 1 heterocycles. The van der Waals surface area contributed by atoms with Crippen LogP contribution in [0.5, 0.6) is 0 Å². The number of thiophene rings is 1. The zero-order valence-corrected chi connectivity index (χ0v) is 19.5. The van der Waals surface area contributed by atoms with E-state index in [0.29, 0.717) is 29.0 Å². The van der Waals surface area contributed by atoms with Crippen LogP contribution in [-0.4, -0.2) is 31.1 Å². The van der Waals surface area contributed by atoms with E-state index in [4.69, 9.17) is 9.47 Å². The smallest absolute Gasteiger partial charge is 0.341 e. The summed E-state index contributed by atoms with van der Waals surface area (Å²) in [6.07, 6.45) is 6.22. The Hall–Kier alpha value is -2.74. The maximum atomic E-state index is 14.5. The summed E-state index contributed by atoms with van der Waals surface area (Å²) in [6, 6.07) is 6.24. The summed E-state index contributed by atoms with van der Waals surface area (Å²) < 4.78 is 25.1. The van der Waals surface area contributed by atoms with Crippen LogP contribution >= 0.6 is 11.3 Å². The first-order chi connectivity index (χ1) is 16.0. The second-order valence-electron chi connectivity index (χ2n) is 8.53. The number of hydrogen-bond acceptors (Lipinski definition) is 6. The minimum Gasteiger partial charge on any atom is -0.462 e. The molecule has 8 heteroatoms. The van der Waals surface area contributed by atoms with Crippen molar-refractivity contribution in [1.29, 1.82) is 0 Å². The number of rotatable bonds is 7. The highest BCUT2D eigenvalue weighted by atomic mass is 32.1. The molecule has 0 radical (unpaired) electrons. The van der Waals surface area contributed by atoms with E-state index in [1.807, 2.05) is 0 Å². The van der Waals surface area contributed by atoms with Gasteiger partial charge in [0.05, 0.1) is 17.6 Å². The summed E-state index contributed by atoms with van der Waals surface area (Å²) in [7, 11) is 0. The number of hydrogen-bond donors (Lipinski definition) is 1. The lowest BCUT2D eigenvalue weighted by atomic mass is 9.78.